The standard InChI is InChI=1S/C10H11N3O6/c1-19-10(16)6-4-7(13(17)18)9(12-5-6)11-3-2-8(14)15/h4-5H,2-3H2,1H3,(H,11,12)(H,14,15). The van der Waals surface area contributed by atoms with Gasteiger partial charge in [0.25, 0.3) is 0 Å². The average Bonchev–Trinajstić information content (AvgIpc) is 2.37. The minimum atomic E-state index is -1.04. The van der Waals surface area contributed by atoms with Crippen molar-refractivity contribution in [3.05, 3.63) is 27.9 Å². The highest BCUT2D eigenvalue weighted by Crippen LogP contribution is 2.22. The predicted molar refractivity (Wildman–Crippen MR) is 63.0 cm³/mol. The number of rotatable bonds is 6. The summed E-state index contributed by atoms with van der Waals surface area (Å²) in [4.78, 5) is 35.4. The molecule has 0 amide bonds. The van der Waals surface area contributed by atoms with E-state index in [0.29, 0.717) is 0 Å². The molecule has 0 atom stereocenters. The lowest BCUT2D eigenvalue weighted by Crippen LogP contribution is -2.11. The van der Waals surface area contributed by atoms with E-state index in [2.05, 4.69) is 15.0 Å². The fourth-order valence-corrected chi connectivity index (χ4v) is 1.25. The number of carboxylic acid groups (broad SMARTS) is 1. The maximum Gasteiger partial charge on any atom is 0.339 e. The number of hydrogen-bond donors (Lipinski definition) is 2. The molecular weight excluding hydrogens is 258 g/mol. The van der Waals surface area contributed by atoms with E-state index in [0.717, 1.165) is 19.4 Å². The molecule has 0 unspecified atom stereocenters. The summed E-state index contributed by atoms with van der Waals surface area (Å²) >= 11 is 0. The average molecular weight is 269 g/mol. The molecule has 0 fully saturated rings. The first-order valence-electron chi connectivity index (χ1n) is 5.14. The Morgan fingerprint density at radius 3 is 2.79 bits per heavy atom. The van der Waals surface area contributed by atoms with Gasteiger partial charge in [0.2, 0.25) is 5.82 Å². The first-order valence-corrected chi connectivity index (χ1v) is 5.14. The molecule has 19 heavy (non-hydrogen) atoms. The second-order valence-corrected chi connectivity index (χ2v) is 3.41. The number of aromatic nitrogens is 1. The number of carbonyl (C=O) groups is 2. The third-order valence-corrected chi connectivity index (χ3v) is 2.12. The van der Waals surface area contributed by atoms with Gasteiger partial charge in [-0.3, -0.25) is 14.9 Å². The van der Waals surface area contributed by atoms with E-state index in [1.165, 1.54) is 0 Å². The van der Waals surface area contributed by atoms with E-state index in [1.54, 1.807) is 0 Å². The Balaban J connectivity index is 2.95. The Bertz CT molecular complexity index is 516. The van der Waals surface area contributed by atoms with Gasteiger partial charge >= 0.3 is 17.6 Å². The van der Waals surface area contributed by atoms with Crippen molar-refractivity contribution in [1.82, 2.24) is 4.98 Å². The van der Waals surface area contributed by atoms with Crippen molar-refractivity contribution in [1.29, 1.82) is 0 Å². The minimum Gasteiger partial charge on any atom is -0.481 e. The molecule has 0 spiro atoms. The topological polar surface area (TPSA) is 132 Å². The lowest BCUT2D eigenvalue weighted by Gasteiger charge is -2.05. The summed E-state index contributed by atoms with van der Waals surface area (Å²) < 4.78 is 4.42. The van der Waals surface area contributed by atoms with Crippen molar-refractivity contribution in [2.75, 3.05) is 19.0 Å². The molecule has 1 aromatic rings. The maximum absolute atomic E-state index is 11.2. The summed E-state index contributed by atoms with van der Waals surface area (Å²) in [7, 11) is 1.15. The van der Waals surface area contributed by atoms with Gasteiger partial charge in [-0.1, -0.05) is 0 Å². The Morgan fingerprint density at radius 2 is 2.26 bits per heavy atom. The molecule has 102 valence electrons. The van der Waals surface area contributed by atoms with Crippen LogP contribution in [0.25, 0.3) is 0 Å². The number of methoxy groups -OCH3 is 1. The van der Waals surface area contributed by atoms with Gasteiger partial charge in [-0.15, -0.1) is 0 Å². The number of carbonyl (C=O) groups excluding carboxylic acids is 1. The molecular formula is C10H11N3O6. The van der Waals surface area contributed by atoms with Crippen LogP contribution in [0.2, 0.25) is 0 Å². The molecule has 1 rings (SSSR count). The van der Waals surface area contributed by atoms with Crippen LogP contribution < -0.4 is 5.32 Å². The predicted octanol–water partition coefficient (Wildman–Crippen LogP) is 0.663. The van der Waals surface area contributed by atoms with Crippen LogP contribution >= 0.6 is 0 Å². The number of pyridine rings is 1. The molecule has 0 aliphatic rings. The van der Waals surface area contributed by atoms with Crippen LogP contribution in [0, 0.1) is 10.1 Å². The Morgan fingerprint density at radius 1 is 1.58 bits per heavy atom. The van der Waals surface area contributed by atoms with Crippen molar-refractivity contribution in [3.63, 3.8) is 0 Å². The number of esters is 1. The van der Waals surface area contributed by atoms with E-state index in [4.69, 9.17) is 5.11 Å². The monoisotopic (exact) mass is 269 g/mol. The molecule has 9 heteroatoms. The van der Waals surface area contributed by atoms with Crippen LogP contribution in [-0.4, -0.2) is 40.6 Å². The lowest BCUT2D eigenvalue weighted by atomic mass is 10.2. The lowest BCUT2D eigenvalue weighted by molar-refractivity contribution is -0.384. The normalized spacial score (nSPS) is 9.74. The van der Waals surface area contributed by atoms with E-state index in [9.17, 15) is 19.7 Å². The van der Waals surface area contributed by atoms with E-state index < -0.39 is 22.5 Å². The molecule has 0 aromatic carbocycles. The molecule has 1 heterocycles. The first kappa shape index (κ1) is 14.4. The van der Waals surface area contributed by atoms with Gasteiger partial charge in [0.1, 0.15) is 0 Å². The quantitative estimate of drug-likeness (QED) is 0.437. The fourth-order valence-electron chi connectivity index (χ4n) is 1.25. The summed E-state index contributed by atoms with van der Waals surface area (Å²) in [6, 6.07) is 1.02. The maximum atomic E-state index is 11.2. The van der Waals surface area contributed by atoms with Crippen LogP contribution in [0.5, 0.6) is 0 Å². The Hall–Kier alpha value is -2.71. The number of carboxylic acids is 1. The fraction of sp³-hybridized carbons (Fsp3) is 0.300. The summed E-state index contributed by atoms with van der Waals surface area (Å²) in [6.07, 6.45) is 0.902. The van der Waals surface area contributed by atoms with Crippen LogP contribution in [-0.2, 0) is 9.53 Å². The highest BCUT2D eigenvalue weighted by molar-refractivity contribution is 5.90. The van der Waals surface area contributed by atoms with E-state index in [1.807, 2.05) is 0 Å². The summed E-state index contributed by atoms with van der Waals surface area (Å²) in [5.41, 5.74) is -0.480. The molecule has 0 aliphatic heterocycles. The highest BCUT2D eigenvalue weighted by atomic mass is 16.6. The van der Waals surface area contributed by atoms with Crippen molar-refractivity contribution in [2.45, 2.75) is 6.42 Å². The molecule has 0 bridgehead atoms. The highest BCUT2D eigenvalue weighted by Gasteiger charge is 2.19. The Labute approximate surface area is 107 Å². The Kier molecular flexibility index (Phi) is 4.75. The second kappa shape index (κ2) is 6.28. The van der Waals surface area contributed by atoms with Crippen LogP contribution in [0.1, 0.15) is 16.8 Å². The summed E-state index contributed by atoms with van der Waals surface area (Å²) in [6.45, 7) is -0.0132. The first-order chi connectivity index (χ1) is 8.95. The summed E-state index contributed by atoms with van der Waals surface area (Å²) in [5.74, 6) is -1.88. The van der Waals surface area contributed by atoms with E-state index >= 15 is 0 Å². The zero-order chi connectivity index (χ0) is 14.4. The van der Waals surface area contributed by atoms with Crippen LogP contribution in [0.4, 0.5) is 11.5 Å². The SMILES string of the molecule is COC(=O)c1cnc(NCCC(=O)O)c([N+](=O)[O-])c1. The third-order valence-electron chi connectivity index (χ3n) is 2.12. The number of nitrogens with one attached hydrogen (secondary N) is 1. The molecule has 0 saturated carbocycles. The van der Waals surface area contributed by atoms with Crippen molar-refractivity contribution in [3.8, 4) is 0 Å². The van der Waals surface area contributed by atoms with Gasteiger partial charge in [-0.25, -0.2) is 9.78 Å². The van der Waals surface area contributed by atoms with Crippen LogP contribution in [0.3, 0.4) is 0 Å². The molecule has 0 saturated heterocycles. The molecule has 0 aliphatic carbocycles. The zero-order valence-corrected chi connectivity index (χ0v) is 9.95. The molecule has 0 radical (unpaired) electrons. The molecule has 1 aromatic heterocycles. The summed E-state index contributed by atoms with van der Waals surface area (Å²) in [5, 5.41) is 21.8. The van der Waals surface area contributed by atoms with Crippen molar-refractivity contribution >= 4 is 23.4 Å². The number of anilines is 1. The van der Waals surface area contributed by atoms with Gasteiger partial charge < -0.3 is 15.2 Å². The number of ether oxygens (including phenoxy) is 1. The smallest absolute Gasteiger partial charge is 0.339 e. The number of nitro groups is 1. The molecule has 2 N–H and O–H groups in total. The van der Waals surface area contributed by atoms with Gasteiger partial charge in [0.05, 0.1) is 24.0 Å². The van der Waals surface area contributed by atoms with Gasteiger partial charge in [-0.2, -0.15) is 0 Å². The minimum absolute atomic E-state index is 0.0132. The van der Waals surface area contributed by atoms with Crippen LogP contribution in [0.15, 0.2) is 12.3 Å². The zero-order valence-electron chi connectivity index (χ0n) is 9.95. The van der Waals surface area contributed by atoms with Crippen molar-refractivity contribution < 1.29 is 24.4 Å². The number of hydrogen-bond acceptors (Lipinski definition) is 7. The second-order valence-electron chi connectivity index (χ2n) is 3.41. The number of aliphatic carboxylic acids is 1. The van der Waals surface area contributed by atoms with Crippen molar-refractivity contribution in [2.24, 2.45) is 0 Å². The largest absolute Gasteiger partial charge is 0.481 e. The molecule has 9 nitrogen and oxygen atoms in total. The van der Waals surface area contributed by atoms with Gasteiger partial charge in [0.15, 0.2) is 0 Å². The van der Waals surface area contributed by atoms with E-state index in [-0.39, 0.29) is 24.3 Å². The third kappa shape index (κ3) is 3.91. The van der Waals surface area contributed by atoms with Gasteiger partial charge in [-0.05, 0) is 0 Å². The van der Waals surface area contributed by atoms with Gasteiger partial charge in [0, 0.05) is 18.8 Å². The number of nitrogens with zero attached hydrogens (tertiary/aromatic N) is 2.